The van der Waals surface area contributed by atoms with Crippen LogP contribution in [0.2, 0.25) is 0 Å². The largest absolute Gasteiger partial charge is 0.497 e. The Bertz CT molecular complexity index is 930. The summed E-state index contributed by atoms with van der Waals surface area (Å²) in [5.74, 6) is -0.858. The molecule has 1 N–H and O–H groups in total. The molecular weight excluding hydrogens is 388 g/mol. The van der Waals surface area contributed by atoms with E-state index in [1.54, 1.807) is 42.5 Å². The summed E-state index contributed by atoms with van der Waals surface area (Å²) in [5, 5.41) is 2.69. The lowest BCUT2D eigenvalue weighted by atomic mass is 10.1. The molecule has 0 bridgehead atoms. The van der Waals surface area contributed by atoms with E-state index in [1.807, 2.05) is 6.07 Å². The molecule has 2 atom stereocenters. The Morgan fingerprint density at radius 1 is 1.10 bits per heavy atom. The highest BCUT2D eigenvalue weighted by Gasteiger charge is 2.38. The number of nitrogens with one attached hydrogen (secondary N) is 1. The van der Waals surface area contributed by atoms with Crippen molar-refractivity contribution >= 4 is 29.2 Å². The van der Waals surface area contributed by atoms with Crippen molar-refractivity contribution in [3.05, 3.63) is 48.5 Å². The number of carbonyl (C=O) groups excluding carboxylic acids is 3. The molecule has 2 aromatic rings. The maximum Gasteiger partial charge on any atom is 0.312 e. The number of hydrogen-bond donors (Lipinski definition) is 1. The van der Waals surface area contributed by atoms with Crippen LogP contribution in [0.1, 0.15) is 13.3 Å². The van der Waals surface area contributed by atoms with Crippen molar-refractivity contribution in [2.75, 3.05) is 31.0 Å². The van der Waals surface area contributed by atoms with Gasteiger partial charge in [-0.3, -0.25) is 14.4 Å². The van der Waals surface area contributed by atoms with Crippen LogP contribution in [-0.2, 0) is 19.1 Å². The lowest BCUT2D eigenvalue weighted by molar-refractivity contribution is -0.157. The van der Waals surface area contributed by atoms with Crippen LogP contribution in [0.3, 0.4) is 0 Å². The van der Waals surface area contributed by atoms with Crippen molar-refractivity contribution in [3.63, 3.8) is 0 Å². The van der Waals surface area contributed by atoms with Crippen LogP contribution in [0.4, 0.5) is 11.4 Å². The number of methoxy groups -OCH3 is 2. The Labute approximate surface area is 174 Å². The van der Waals surface area contributed by atoms with Gasteiger partial charge in [0.1, 0.15) is 11.5 Å². The third-order valence-corrected chi connectivity index (χ3v) is 4.84. The van der Waals surface area contributed by atoms with Crippen LogP contribution < -0.4 is 19.7 Å². The van der Waals surface area contributed by atoms with Crippen molar-refractivity contribution in [3.8, 4) is 11.5 Å². The Balaban J connectivity index is 1.63. The zero-order valence-electron chi connectivity index (χ0n) is 17.1. The number of esters is 1. The lowest BCUT2D eigenvalue weighted by Gasteiger charge is -2.20. The Kier molecular flexibility index (Phi) is 6.56. The number of rotatable bonds is 7. The second-order valence-electron chi connectivity index (χ2n) is 6.88. The number of benzene rings is 2. The second kappa shape index (κ2) is 9.30. The average molecular weight is 412 g/mol. The number of amides is 2. The Morgan fingerprint density at radius 3 is 2.50 bits per heavy atom. The topological polar surface area (TPSA) is 94.2 Å². The van der Waals surface area contributed by atoms with E-state index < -0.39 is 23.9 Å². The number of hydrogen-bond acceptors (Lipinski definition) is 6. The SMILES string of the molecule is COc1ccc(N2C[C@H](C(=O)O[C@@H](C)C(=O)Nc3ccccc3)CC2=O)c(OC)c1. The van der Waals surface area contributed by atoms with Gasteiger partial charge in [0.25, 0.3) is 5.91 Å². The highest BCUT2D eigenvalue weighted by molar-refractivity contribution is 6.01. The molecule has 1 aliphatic rings. The molecule has 0 aromatic heterocycles. The Hall–Kier alpha value is -3.55. The van der Waals surface area contributed by atoms with Gasteiger partial charge in [-0.15, -0.1) is 0 Å². The monoisotopic (exact) mass is 412 g/mol. The maximum absolute atomic E-state index is 12.6. The van der Waals surface area contributed by atoms with E-state index in [0.29, 0.717) is 22.9 Å². The third-order valence-electron chi connectivity index (χ3n) is 4.84. The van der Waals surface area contributed by atoms with Gasteiger partial charge in [-0.1, -0.05) is 18.2 Å². The molecule has 8 nitrogen and oxygen atoms in total. The van der Waals surface area contributed by atoms with Crippen LogP contribution in [0.25, 0.3) is 0 Å². The van der Waals surface area contributed by atoms with E-state index in [9.17, 15) is 14.4 Å². The van der Waals surface area contributed by atoms with Gasteiger partial charge >= 0.3 is 5.97 Å². The first kappa shape index (κ1) is 21.2. The van der Waals surface area contributed by atoms with Crippen molar-refractivity contribution in [1.29, 1.82) is 0 Å². The minimum atomic E-state index is -0.989. The molecule has 0 unspecified atom stereocenters. The number of anilines is 2. The first-order valence-corrected chi connectivity index (χ1v) is 9.51. The number of carbonyl (C=O) groups is 3. The molecule has 1 aliphatic heterocycles. The van der Waals surface area contributed by atoms with Crippen molar-refractivity contribution in [1.82, 2.24) is 0 Å². The van der Waals surface area contributed by atoms with Crippen LogP contribution in [0, 0.1) is 5.92 Å². The molecule has 1 heterocycles. The van der Waals surface area contributed by atoms with Gasteiger partial charge in [0.15, 0.2) is 6.10 Å². The first-order chi connectivity index (χ1) is 14.4. The minimum absolute atomic E-state index is 0.00103. The number of nitrogens with zero attached hydrogens (tertiary/aromatic N) is 1. The molecule has 8 heteroatoms. The predicted octanol–water partition coefficient (Wildman–Crippen LogP) is 2.63. The van der Waals surface area contributed by atoms with Crippen LogP contribution in [0.5, 0.6) is 11.5 Å². The van der Waals surface area contributed by atoms with Gasteiger partial charge in [0.2, 0.25) is 5.91 Å². The van der Waals surface area contributed by atoms with Gasteiger partial charge in [-0.05, 0) is 31.2 Å². The van der Waals surface area contributed by atoms with Crippen LogP contribution in [-0.4, -0.2) is 44.7 Å². The normalized spacial score (nSPS) is 16.7. The summed E-state index contributed by atoms with van der Waals surface area (Å²) >= 11 is 0. The Morgan fingerprint density at radius 2 is 1.83 bits per heavy atom. The van der Waals surface area contributed by atoms with Gasteiger partial charge in [0.05, 0.1) is 25.8 Å². The minimum Gasteiger partial charge on any atom is -0.497 e. The second-order valence-corrected chi connectivity index (χ2v) is 6.88. The lowest BCUT2D eigenvalue weighted by Crippen LogP contribution is -2.33. The van der Waals surface area contributed by atoms with E-state index in [4.69, 9.17) is 14.2 Å². The smallest absolute Gasteiger partial charge is 0.312 e. The quantitative estimate of drug-likeness (QED) is 0.703. The standard InChI is InChI=1S/C22H24N2O6/c1-14(21(26)23-16-7-5-4-6-8-16)30-22(27)15-11-20(25)24(13-15)18-10-9-17(28-2)12-19(18)29-3/h4-10,12,14-15H,11,13H2,1-3H3,(H,23,26)/t14-,15+/m0/s1. The highest BCUT2D eigenvalue weighted by Crippen LogP contribution is 2.36. The summed E-state index contributed by atoms with van der Waals surface area (Å²) < 4.78 is 15.8. The van der Waals surface area contributed by atoms with Crippen LogP contribution in [0.15, 0.2) is 48.5 Å². The van der Waals surface area contributed by atoms with Gasteiger partial charge in [0, 0.05) is 24.7 Å². The molecule has 30 heavy (non-hydrogen) atoms. The predicted molar refractivity (Wildman–Crippen MR) is 111 cm³/mol. The van der Waals surface area contributed by atoms with Crippen LogP contribution >= 0.6 is 0 Å². The fourth-order valence-corrected chi connectivity index (χ4v) is 3.20. The van der Waals surface area contributed by atoms with E-state index in [0.717, 1.165) is 0 Å². The van der Waals surface area contributed by atoms with Crippen molar-refractivity contribution < 1.29 is 28.6 Å². The molecule has 0 aliphatic carbocycles. The molecule has 1 saturated heterocycles. The molecule has 0 saturated carbocycles. The third kappa shape index (κ3) is 4.71. The zero-order valence-corrected chi connectivity index (χ0v) is 17.1. The molecular formula is C22H24N2O6. The summed E-state index contributed by atoms with van der Waals surface area (Å²) in [5.41, 5.74) is 1.16. The summed E-state index contributed by atoms with van der Waals surface area (Å²) in [6.07, 6.45) is -0.988. The molecule has 2 amide bonds. The van der Waals surface area contributed by atoms with Gasteiger partial charge in [-0.2, -0.15) is 0 Å². The summed E-state index contributed by atoms with van der Waals surface area (Å²) in [6, 6.07) is 14.0. The van der Waals surface area contributed by atoms with Gasteiger partial charge < -0.3 is 24.4 Å². The number of para-hydroxylation sites is 1. The molecule has 3 rings (SSSR count). The molecule has 0 spiro atoms. The summed E-state index contributed by atoms with van der Waals surface area (Å²) in [4.78, 5) is 38.8. The van der Waals surface area contributed by atoms with E-state index in [1.165, 1.54) is 26.0 Å². The molecule has 0 radical (unpaired) electrons. The summed E-state index contributed by atoms with van der Waals surface area (Å²) in [7, 11) is 3.04. The molecule has 158 valence electrons. The first-order valence-electron chi connectivity index (χ1n) is 9.51. The molecule has 2 aromatic carbocycles. The van der Waals surface area contributed by atoms with Crippen molar-refractivity contribution in [2.45, 2.75) is 19.4 Å². The van der Waals surface area contributed by atoms with Crippen molar-refractivity contribution in [2.24, 2.45) is 5.92 Å². The maximum atomic E-state index is 12.6. The number of ether oxygens (including phenoxy) is 3. The summed E-state index contributed by atoms with van der Waals surface area (Å²) in [6.45, 7) is 1.64. The average Bonchev–Trinajstić information content (AvgIpc) is 3.15. The van der Waals surface area contributed by atoms with E-state index >= 15 is 0 Å². The van der Waals surface area contributed by atoms with E-state index in [2.05, 4.69) is 5.32 Å². The van der Waals surface area contributed by atoms with Gasteiger partial charge in [-0.25, -0.2) is 0 Å². The zero-order chi connectivity index (χ0) is 21.7. The highest BCUT2D eigenvalue weighted by atomic mass is 16.5. The molecule has 1 fully saturated rings. The fraction of sp³-hybridized carbons (Fsp3) is 0.318. The van der Waals surface area contributed by atoms with E-state index in [-0.39, 0.29) is 18.9 Å². The fourth-order valence-electron chi connectivity index (χ4n) is 3.20.